The lowest BCUT2D eigenvalue weighted by atomic mass is 9.94. The lowest BCUT2D eigenvalue weighted by Gasteiger charge is -2.21. The number of carbonyl (C=O) groups excluding carboxylic acids is 2. The van der Waals surface area contributed by atoms with E-state index in [1.807, 2.05) is 13.8 Å². The summed E-state index contributed by atoms with van der Waals surface area (Å²) < 4.78 is 0. The number of hydrogen-bond acceptors (Lipinski definition) is 3. The van der Waals surface area contributed by atoms with E-state index in [1.165, 1.54) is 0 Å². The number of hydrogen-bond donors (Lipinski definition) is 2. The van der Waals surface area contributed by atoms with Crippen LogP contribution < -0.4 is 11.1 Å². The van der Waals surface area contributed by atoms with Crippen LogP contribution in [0.1, 0.15) is 52.4 Å². The highest BCUT2D eigenvalue weighted by Crippen LogP contribution is 2.22. The van der Waals surface area contributed by atoms with Crippen LogP contribution in [0.25, 0.3) is 0 Å². The van der Waals surface area contributed by atoms with Crippen LogP contribution in [0.4, 0.5) is 0 Å². The Morgan fingerprint density at radius 1 is 1.15 bits per heavy atom. The molecule has 0 aromatic carbocycles. The zero-order chi connectivity index (χ0) is 15.0. The minimum Gasteiger partial charge on any atom is -0.355 e. The number of nitrogens with two attached hydrogens (primary N) is 1. The highest BCUT2D eigenvalue weighted by molar-refractivity contribution is 5.81. The Morgan fingerprint density at radius 3 is 2.45 bits per heavy atom. The summed E-state index contributed by atoms with van der Waals surface area (Å²) in [6.07, 6.45) is 5.52. The molecule has 2 atom stereocenters. The predicted octanol–water partition coefficient (Wildman–Crippen LogP) is 1.27. The molecular formula is C15H29N3O2. The molecule has 0 saturated heterocycles. The van der Waals surface area contributed by atoms with E-state index >= 15 is 0 Å². The van der Waals surface area contributed by atoms with Crippen molar-refractivity contribution in [1.82, 2.24) is 10.2 Å². The monoisotopic (exact) mass is 283 g/mol. The second-order valence-corrected chi connectivity index (χ2v) is 5.52. The maximum atomic E-state index is 12.1. The minimum absolute atomic E-state index is 0.0201. The zero-order valence-corrected chi connectivity index (χ0v) is 12.9. The van der Waals surface area contributed by atoms with Gasteiger partial charge in [0, 0.05) is 32.1 Å². The van der Waals surface area contributed by atoms with Gasteiger partial charge in [0.2, 0.25) is 11.8 Å². The number of nitrogens with zero attached hydrogens (tertiary/aromatic N) is 1. The second-order valence-electron chi connectivity index (χ2n) is 5.52. The molecule has 0 aliphatic heterocycles. The van der Waals surface area contributed by atoms with Gasteiger partial charge < -0.3 is 16.0 Å². The van der Waals surface area contributed by atoms with Crippen LogP contribution >= 0.6 is 0 Å². The third-order valence-corrected chi connectivity index (χ3v) is 4.16. The molecule has 0 aromatic rings. The number of rotatable bonds is 6. The minimum atomic E-state index is -0.0824. The molecule has 0 heterocycles. The van der Waals surface area contributed by atoms with Crippen LogP contribution in [0.5, 0.6) is 0 Å². The highest BCUT2D eigenvalue weighted by Gasteiger charge is 2.26. The highest BCUT2D eigenvalue weighted by atomic mass is 16.2. The van der Waals surface area contributed by atoms with E-state index in [2.05, 4.69) is 5.32 Å². The third kappa shape index (κ3) is 5.12. The van der Waals surface area contributed by atoms with Crippen molar-refractivity contribution in [2.45, 2.75) is 58.4 Å². The SMILES string of the molecule is CCN(CC)C(=O)CCNC(=O)C1CCCCCC1N. The van der Waals surface area contributed by atoms with Gasteiger partial charge in [-0.05, 0) is 26.7 Å². The van der Waals surface area contributed by atoms with Crippen molar-refractivity contribution in [3.63, 3.8) is 0 Å². The first-order valence-corrected chi connectivity index (χ1v) is 7.91. The van der Waals surface area contributed by atoms with Crippen LogP contribution in [0.2, 0.25) is 0 Å². The summed E-state index contributed by atoms with van der Waals surface area (Å²) in [5, 5.41) is 2.88. The van der Waals surface area contributed by atoms with Gasteiger partial charge in [-0.25, -0.2) is 0 Å². The molecule has 116 valence electrons. The van der Waals surface area contributed by atoms with E-state index in [1.54, 1.807) is 4.90 Å². The molecule has 20 heavy (non-hydrogen) atoms. The lowest BCUT2D eigenvalue weighted by Crippen LogP contribution is -2.42. The van der Waals surface area contributed by atoms with Crippen molar-refractivity contribution in [3.8, 4) is 0 Å². The molecule has 3 N–H and O–H groups in total. The van der Waals surface area contributed by atoms with Gasteiger partial charge in [0.1, 0.15) is 0 Å². The van der Waals surface area contributed by atoms with Gasteiger partial charge in [-0.2, -0.15) is 0 Å². The molecular weight excluding hydrogens is 254 g/mol. The van der Waals surface area contributed by atoms with Crippen LogP contribution in [-0.4, -0.2) is 42.4 Å². The Kier molecular flexibility index (Phi) is 7.59. The first-order valence-electron chi connectivity index (χ1n) is 7.91. The lowest BCUT2D eigenvalue weighted by molar-refractivity contribution is -0.131. The summed E-state index contributed by atoms with van der Waals surface area (Å²) in [4.78, 5) is 25.7. The first kappa shape index (κ1) is 17.0. The Bertz CT molecular complexity index is 316. The van der Waals surface area contributed by atoms with E-state index in [-0.39, 0.29) is 23.8 Å². The van der Waals surface area contributed by atoms with Crippen molar-refractivity contribution >= 4 is 11.8 Å². The zero-order valence-electron chi connectivity index (χ0n) is 12.9. The van der Waals surface area contributed by atoms with Crippen molar-refractivity contribution < 1.29 is 9.59 Å². The molecule has 1 aliphatic carbocycles. The molecule has 0 aromatic heterocycles. The summed E-state index contributed by atoms with van der Waals surface area (Å²) >= 11 is 0. The van der Waals surface area contributed by atoms with E-state index in [9.17, 15) is 9.59 Å². The van der Waals surface area contributed by atoms with Crippen LogP contribution in [0.15, 0.2) is 0 Å². The molecule has 1 aliphatic rings. The maximum Gasteiger partial charge on any atom is 0.224 e. The molecule has 0 radical (unpaired) electrons. The summed E-state index contributed by atoms with van der Waals surface area (Å²) in [7, 11) is 0. The Morgan fingerprint density at radius 2 is 1.80 bits per heavy atom. The summed E-state index contributed by atoms with van der Waals surface area (Å²) in [5.41, 5.74) is 6.07. The van der Waals surface area contributed by atoms with Gasteiger partial charge in [-0.1, -0.05) is 19.3 Å². The van der Waals surface area contributed by atoms with Gasteiger partial charge in [0.15, 0.2) is 0 Å². The summed E-state index contributed by atoms with van der Waals surface area (Å²) in [6.45, 7) is 5.78. The fourth-order valence-electron chi connectivity index (χ4n) is 2.82. The van der Waals surface area contributed by atoms with Crippen LogP contribution in [0, 0.1) is 5.92 Å². The number of nitrogens with one attached hydrogen (secondary N) is 1. The van der Waals surface area contributed by atoms with E-state index in [0.29, 0.717) is 13.0 Å². The molecule has 0 bridgehead atoms. The van der Waals surface area contributed by atoms with Gasteiger partial charge >= 0.3 is 0 Å². The van der Waals surface area contributed by atoms with Crippen molar-refractivity contribution in [3.05, 3.63) is 0 Å². The topological polar surface area (TPSA) is 75.4 Å². The Balaban J connectivity index is 2.33. The predicted molar refractivity (Wildman–Crippen MR) is 80.1 cm³/mol. The van der Waals surface area contributed by atoms with Gasteiger partial charge in [0.05, 0.1) is 5.92 Å². The average molecular weight is 283 g/mol. The van der Waals surface area contributed by atoms with Crippen LogP contribution in [-0.2, 0) is 9.59 Å². The van der Waals surface area contributed by atoms with Crippen molar-refractivity contribution in [1.29, 1.82) is 0 Å². The van der Waals surface area contributed by atoms with E-state index in [0.717, 1.165) is 45.2 Å². The molecule has 1 fully saturated rings. The number of amides is 2. The fourth-order valence-corrected chi connectivity index (χ4v) is 2.82. The molecule has 5 nitrogen and oxygen atoms in total. The Labute approximate surface area is 122 Å². The van der Waals surface area contributed by atoms with Crippen LogP contribution in [0.3, 0.4) is 0 Å². The standard InChI is InChI=1S/C15H29N3O2/c1-3-18(4-2)14(19)10-11-17-15(20)12-8-6-5-7-9-13(12)16/h12-13H,3-11,16H2,1-2H3,(H,17,20). The van der Waals surface area contributed by atoms with Gasteiger partial charge in [0.25, 0.3) is 0 Å². The summed E-state index contributed by atoms with van der Waals surface area (Å²) in [6, 6.07) is -0.0315. The largest absolute Gasteiger partial charge is 0.355 e. The molecule has 1 rings (SSSR count). The Hall–Kier alpha value is -1.10. The molecule has 1 saturated carbocycles. The van der Waals surface area contributed by atoms with Crippen molar-refractivity contribution in [2.75, 3.05) is 19.6 Å². The smallest absolute Gasteiger partial charge is 0.224 e. The molecule has 0 spiro atoms. The van der Waals surface area contributed by atoms with E-state index < -0.39 is 0 Å². The molecule has 2 unspecified atom stereocenters. The van der Waals surface area contributed by atoms with Gasteiger partial charge in [-0.3, -0.25) is 9.59 Å². The third-order valence-electron chi connectivity index (χ3n) is 4.16. The van der Waals surface area contributed by atoms with E-state index in [4.69, 9.17) is 5.73 Å². The average Bonchev–Trinajstić information content (AvgIpc) is 2.64. The number of carbonyl (C=O) groups is 2. The quantitative estimate of drug-likeness (QED) is 0.721. The maximum absolute atomic E-state index is 12.1. The first-order chi connectivity index (χ1) is 9.60. The van der Waals surface area contributed by atoms with Crippen molar-refractivity contribution in [2.24, 2.45) is 11.7 Å². The second kappa shape index (κ2) is 8.95. The molecule has 5 heteroatoms. The summed E-state index contributed by atoms with van der Waals surface area (Å²) in [5.74, 6) is 0.0354. The van der Waals surface area contributed by atoms with Gasteiger partial charge in [-0.15, -0.1) is 0 Å². The normalized spacial score (nSPS) is 22.9. The fraction of sp³-hybridized carbons (Fsp3) is 0.867. The molecule has 2 amide bonds.